The number of nitrogens with one attached hydrogen (secondary N) is 1. The van der Waals surface area contributed by atoms with Gasteiger partial charge >= 0.3 is 0 Å². The zero-order chi connectivity index (χ0) is 8.39. The Balaban J connectivity index is 2.51. The second-order valence-electron chi connectivity index (χ2n) is 2.77. The molecule has 0 spiro atoms. The number of H-pyrrole nitrogens is 1. The van der Waals surface area contributed by atoms with E-state index in [0.717, 1.165) is 5.69 Å². The van der Waals surface area contributed by atoms with Gasteiger partial charge in [-0.15, -0.1) is 0 Å². The first-order valence-corrected chi connectivity index (χ1v) is 3.93. The van der Waals surface area contributed by atoms with E-state index in [0.29, 0.717) is 0 Å². The summed E-state index contributed by atoms with van der Waals surface area (Å²) in [5, 5.41) is 0. The van der Waals surface area contributed by atoms with Crippen LogP contribution in [0.3, 0.4) is 0 Å². The maximum absolute atomic E-state index is 4.26. The van der Waals surface area contributed by atoms with Crippen molar-refractivity contribution in [1.82, 2.24) is 9.97 Å². The van der Waals surface area contributed by atoms with Crippen molar-refractivity contribution in [3.8, 4) is 11.3 Å². The van der Waals surface area contributed by atoms with Crippen LogP contribution in [-0.4, -0.2) is 9.97 Å². The van der Waals surface area contributed by atoms with Crippen molar-refractivity contribution in [1.29, 1.82) is 0 Å². The highest BCUT2D eigenvalue weighted by molar-refractivity contribution is 5.61. The van der Waals surface area contributed by atoms with E-state index in [1.54, 1.807) is 0 Å². The lowest BCUT2D eigenvalue weighted by Crippen LogP contribution is -1.80. The molecule has 0 saturated carbocycles. The van der Waals surface area contributed by atoms with E-state index in [9.17, 15) is 0 Å². The van der Waals surface area contributed by atoms with Crippen LogP contribution in [-0.2, 0) is 0 Å². The maximum atomic E-state index is 4.26. The molecule has 2 heteroatoms. The molecule has 0 atom stereocenters. The summed E-state index contributed by atoms with van der Waals surface area (Å²) in [7, 11) is 0. The van der Waals surface area contributed by atoms with Gasteiger partial charge in [-0.25, -0.2) is 0 Å². The van der Waals surface area contributed by atoms with Crippen molar-refractivity contribution in [2.24, 2.45) is 0 Å². The van der Waals surface area contributed by atoms with Gasteiger partial charge in [0, 0.05) is 24.2 Å². The average Bonchev–Trinajstić information content (AvgIpc) is 2.53. The average molecular weight is 158 g/mol. The smallest absolute Gasteiger partial charge is 0.0719 e. The molecule has 12 heavy (non-hydrogen) atoms. The van der Waals surface area contributed by atoms with Crippen LogP contribution in [0.4, 0.5) is 0 Å². The number of aromatic amines is 1. The number of rotatable bonds is 1. The van der Waals surface area contributed by atoms with Gasteiger partial charge in [0.1, 0.15) is 0 Å². The van der Waals surface area contributed by atoms with Gasteiger partial charge in [0.05, 0.1) is 5.69 Å². The fourth-order valence-corrected chi connectivity index (χ4v) is 1.24. The minimum absolute atomic E-state index is 1.02. The number of aromatic nitrogens is 2. The molecule has 2 nitrogen and oxygen atoms in total. The second-order valence-corrected chi connectivity index (χ2v) is 2.77. The van der Waals surface area contributed by atoms with Crippen LogP contribution >= 0.6 is 0 Å². The third-order valence-corrected chi connectivity index (χ3v) is 1.89. The lowest BCUT2D eigenvalue weighted by molar-refractivity contribution is 1.32. The maximum Gasteiger partial charge on any atom is 0.0719 e. The van der Waals surface area contributed by atoms with E-state index >= 15 is 0 Å². The molecular weight excluding hydrogens is 148 g/mol. The van der Waals surface area contributed by atoms with Crippen LogP contribution in [0, 0.1) is 6.92 Å². The molecule has 0 aromatic carbocycles. The molecular formula is C10H10N2. The second kappa shape index (κ2) is 2.81. The number of hydrogen-bond acceptors (Lipinski definition) is 1. The van der Waals surface area contributed by atoms with Gasteiger partial charge in [0.25, 0.3) is 0 Å². The largest absolute Gasteiger partial charge is 0.367 e. The van der Waals surface area contributed by atoms with E-state index in [1.165, 1.54) is 11.1 Å². The van der Waals surface area contributed by atoms with E-state index in [2.05, 4.69) is 16.9 Å². The van der Waals surface area contributed by atoms with E-state index < -0.39 is 0 Å². The predicted molar refractivity (Wildman–Crippen MR) is 48.8 cm³/mol. The minimum Gasteiger partial charge on any atom is -0.367 e. The molecule has 2 aromatic rings. The van der Waals surface area contributed by atoms with Gasteiger partial charge in [-0.2, -0.15) is 0 Å². The van der Waals surface area contributed by atoms with Crippen LogP contribution in [0.2, 0.25) is 0 Å². The molecule has 0 aliphatic rings. The van der Waals surface area contributed by atoms with Gasteiger partial charge in [-0.3, -0.25) is 4.98 Å². The Morgan fingerprint density at radius 1 is 1.25 bits per heavy atom. The Bertz CT molecular complexity index is 362. The molecule has 0 bridgehead atoms. The highest BCUT2D eigenvalue weighted by Gasteiger charge is 2.01. The van der Waals surface area contributed by atoms with Crippen molar-refractivity contribution in [2.45, 2.75) is 6.92 Å². The topological polar surface area (TPSA) is 28.7 Å². The van der Waals surface area contributed by atoms with Crippen molar-refractivity contribution < 1.29 is 0 Å². The Hall–Kier alpha value is -1.57. The molecule has 0 aliphatic carbocycles. The Kier molecular flexibility index (Phi) is 1.67. The molecule has 1 N–H and O–H groups in total. The summed E-state index contributed by atoms with van der Waals surface area (Å²) in [6, 6.07) is 5.93. The summed E-state index contributed by atoms with van der Waals surface area (Å²) in [4.78, 5) is 7.32. The lowest BCUT2D eigenvalue weighted by atomic mass is 10.1. The quantitative estimate of drug-likeness (QED) is 0.678. The molecule has 2 heterocycles. The lowest BCUT2D eigenvalue weighted by Gasteiger charge is -1.96. The van der Waals surface area contributed by atoms with Gasteiger partial charge in [-0.05, 0) is 24.6 Å². The first-order valence-electron chi connectivity index (χ1n) is 3.93. The number of nitrogens with zero attached hydrogens (tertiary/aromatic N) is 1. The molecule has 60 valence electrons. The molecule has 0 amide bonds. The van der Waals surface area contributed by atoms with Crippen molar-refractivity contribution in [3.05, 3.63) is 42.4 Å². The van der Waals surface area contributed by atoms with Crippen molar-refractivity contribution >= 4 is 0 Å². The highest BCUT2D eigenvalue weighted by atomic mass is 14.7. The normalized spacial score (nSPS) is 10.1. The summed E-state index contributed by atoms with van der Waals surface area (Å²) in [5.41, 5.74) is 3.43. The fraction of sp³-hybridized carbons (Fsp3) is 0.100. The molecule has 0 fully saturated rings. The third-order valence-electron chi connectivity index (χ3n) is 1.89. The SMILES string of the molecule is Cc1c[nH]cc1-c1ccccn1. The van der Waals surface area contributed by atoms with Crippen molar-refractivity contribution in [2.75, 3.05) is 0 Å². The summed E-state index contributed by atoms with van der Waals surface area (Å²) in [6.07, 6.45) is 5.75. The molecule has 0 aliphatic heterocycles. The zero-order valence-electron chi connectivity index (χ0n) is 6.91. The van der Waals surface area contributed by atoms with Crippen LogP contribution in [0.5, 0.6) is 0 Å². The molecule has 0 radical (unpaired) electrons. The Morgan fingerprint density at radius 3 is 2.75 bits per heavy atom. The van der Waals surface area contributed by atoms with Crippen LogP contribution in [0.15, 0.2) is 36.8 Å². The van der Waals surface area contributed by atoms with Gasteiger partial charge in [-0.1, -0.05) is 6.07 Å². The summed E-state index contributed by atoms with van der Waals surface area (Å²) in [6.45, 7) is 2.07. The third kappa shape index (κ3) is 1.11. The molecule has 0 unspecified atom stereocenters. The van der Waals surface area contributed by atoms with E-state index in [-0.39, 0.29) is 0 Å². The van der Waals surface area contributed by atoms with Crippen LogP contribution < -0.4 is 0 Å². The van der Waals surface area contributed by atoms with Crippen LogP contribution in [0.25, 0.3) is 11.3 Å². The number of hydrogen-bond donors (Lipinski definition) is 1. The van der Waals surface area contributed by atoms with E-state index in [4.69, 9.17) is 0 Å². The summed E-state index contributed by atoms with van der Waals surface area (Å²) in [5.74, 6) is 0. The zero-order valence-corrected chi connectivity index (χ0v) is 6.91. The molecule has 0 saturated heterocycles. The Morgan fingerprint density at radius 2 is 2.17 bits per heavy atom. The molecule has 2 aromatic heterocycles. The fourth-order valence-electron chi connectivity index (χ4n) is 1.24. The molecule has 2 rings (SSSR count). The first kappa shape index (κ1) is 7.10. The van der Waals surface area contributed by atoms with Gasteiger partial charge in [0.2, 0.25) is 0 Å². The first-order chi connectivity index (χ1) is 5.88. The standard InChI is InChI=1S/C10H10N2/c1-8-6-11-7-9(8)10-4-2-3-5-12-10/h2-7,11H,1H3. The number of aryl methyl sites for hydroxylation is 1. The summed E-state index contributed by atoms with van der Waals surface area (Å²) >= 11 is 0. The minimum atomic E-state index is 1.02. The summed E-state index contributed by atoms with van der Waals surface area (Å²) < 4.78 is 0. The predicted octanol–water partition coefficient (Wildman–Crippen LogP) is 2.39. The number of pyridine rings is 1. The van der Waals surface area contributed by atoms with Gasteiger partial charge < -0.3 is 4.98 Å². The van der Waals surface area contributed by atoms with Crippen molar-refractivity contribution in [3.63, 3.8) is 0 Å². The Labute approximate surface area is 71.3 Å². The highest BCUT2D eigenvalue weighted by Crippen LogP contribution is 2.19. The van der Waals surface area contributed by atoms with E-state index in [1.807, 2.05) is 36.8 Å². The monoisotopic (exact) mass is 158 g/mol. The van der Waals surface area contributed by atoms with Gasteiger partial charge in [0.15, 0.2) is 0 Å². The van der Waals surface area contributed by atoms with Crippen LogP contribution in [0.1, 0.15) is 5.56 Å².